The molecule has 0 aliphatic carbocycles. The van der Waals surface area contributed by atoms with Gasteiger partial charge in [0.1, 0.15) is 0 Å². The zero-order chi connectivity index (χ0) is 14.4. The molecule has 1 aromatic heterocycles. The highest BCUT2D eigenvalue weighted by atomic mass is 16.1. The maximum Gasteiger partial charge on any atom is 0.221 e. The molecule has 0 aliphatic heterocycles. The Kier molecular flexibility index (Phi) is 4.71. The van der Waals surface area contributed by atoms with Crippen LogP contribution >= 0.6 is 0 Å². The van der Waals surface area contributed by atoms with Gasteiger partial charge in [0.15, 0.2) is 0 Å². The third kappa shape index (κ3) is 3.57. The molecule has 2 rings (SSSR count). The summed E-state index contributed by atoms with van der Waals surface area (Å²) in [7, 11) is 0. The van der Waals surface area contributed by atoms with Crippen molar-refractivity contribution in [1.82, 2.24) is 4.98 Å². The number of nitrogens with one attached hydrogen (secondary N) is 1. The second kappa shape index (κ2) is 6.70. The van der Waals surface area contributed by atoms with Crippen molar-refractivity contribution in [3.05, 3.63) is 48.8 Å². The fraction of sp³-hybridized carbons (Fsp3) is 0.250. The Morgan fingerprint density at radius 3 is 2.70 bits per heavy atom. The summed E-state index contributed by atoms with van der Waals surface area (Å²) >= 11 is 0. The highest BCUT2D eigenvalue weighted by Gasteiger charge is 2.09. The number of aromatic nitrogens is 1. The summed E-state index contributed by atoms with van der Waals surface area (Å²) in [6.45, 7) is 4.55. The maximum atomic E-state index is 11.2. The van der Waals surface area contributed by atoms with E-state index in [4.69, 9.17) is 0 Å². The quantitative estimate of drug-likeness (QED) is 0.902. The molecule has 20 heavy (non-hydrogen) atoms. The van der Waals surface area contributed by atoms with Crippen LogP contribution in [0, 0.1) is 0 Å². The lowest BCUT2D eigenvalue weighted by molar-refractivity contribution is -0.114. The van der Waals surface area contributed by atoms with Crippen molar-refractivity contribution in [2.75, 3.05) is 16.8 Å². The predicted molar refractivity (Wildman–Crippen MR) is 82.3 cm³/mol. The average molecular weight is 269 g/mol. The summed E-state index contributed by atoms with van der Waals surface area (Å²) in [6.07, 6.45) is 4.64. The molecule has 0 radical (unpaired) electrons. The molecule has 0 atom stereocenters. The standard InChI is InChI=1S/C16H19N3O/c1-3-10-19(16-8-5-9-17-12-16)15-7-4-6-14(11-15)18-13(2)20/h4-9,11-12H,3,10H2,1-2H3,(H,18,20). The van der Waals surface area contributed by atoms with Gasteiger partial charge in [0.25, 0.3) is 0 Å². The van der Waals surface area contributed by atoms with E-state index in [2.05, 4.69) is 22.1 Å². The zero-order valence-corrected chi connectivity index (χ0v) is 11.8. The third-order valence-electron chi connectivity index (χ3n) is 2.88. The van der Waals surface area contributed by atoms with Gasteiger partial charge in [-0.2, -0.15) is 0 Å². The highest BCUT2D eigenvalue weighted by Crippen LogP contribution is 2.27. The van der Waals surface area contributed by atoms with Gasteiger partial charge in [-0.05, 0) is 36.8 Å². The Morgan fingerprint density at radius 2 is 2.05 bits per heavy atom. The van der Waals surface area contributed by atoms with E-state index in [1.54, 1.807) is 6.20 Å². The lowest BCUT2D eigenvalue weighted by Crippen LogP contribution is -2.18. The van der Waals surface area contributed by atoms with Crippen LogP contribution in [0.5, 0.6) is 0 Å². The van der Waals surface area contributed by atoms with Crippen LogP contribution in [0.15, 0.2) is 48.8 Å². The van der Waals surface area contributed by atoms with Gasteiger partial charge in [0, 0.05) is 31.0 Å². The van der Waals surface area contributed by atoms with E-state index >= 15 is 0 Å². The van der Waals surface area contributed by atoms with Gasteiger partial charge in [0.2, 0.25) is 5.91 Å². The topological polar surface area (TPSA) is 45.2 Å². The van der Waals surface area contributed by atoms with Gasteiger partial charge < -0.3 is 10.2 Å². The van der Waals surface area contributed by atoms with Crippen molar-refractivity contribution in [3.63, 3.8) is 0 Å². The van der Waals surface area contributed by atoms with Gasteiger partial charge in [-0.15, -0.1) is 0 Å². The number of anilines is 3. The van der Waals surface area contributed by atoms with Crippen LogP contribution in [0.1, 0.15) is 20.3 Å². The first-order valence-electron chi connectivity index (χ1n) is 6.76. The smallest absolute Gasteiger partial charge is 0.221 e. The Balaban J connectivity index is 2.32. The van der Waals surface area contributed by atoms with Crippen LogP contribution in [0.4, 0.5) is 17.1 Å². The number of hydrogen-bond donors (Lipinski definition) is 1. The summed E-state index contributed by atoms with van der Waals surface area (Å²) in [5, 5.41) is 2.81. The number of benzene rings is 1. The summed E-state index contributed by atoms with van der Waals surface area (Å²) in [6, 6.07) is 11.8. The fourth-order valence-corrected chi connectivity index (χ4v) is 2.10. The minimum Gasteiger partial charge on any atom is -0.340 e. The second-order valence-corrected chi connectivity index (χ2v) is 4.59. The molecule has 1 amide bonds. The van der Waals surface area contributed by atoms with E-state index in [0.29, 0.717) is 0 Å². The molecule has 1 N–H and O–H groups in total. The van der Waals surface area contributed by atoms with E-state index in [9.17, 15) is 4.79 Å². The number of amides is 1. The number of carbonyl (C=O) groups is 1. The van der Waals surface area contributed by atoms with Crippen molar-refractivity contribution in [3.8, 4) is 0 Å². The second-order valence-electron chi connectivity index (χ2n) is 4.59. The molecular formula is C16H19N3O. The van der Waals surface area contributed by atoms with Gasteiger partial charge >= 0.3 is 0 Å². The summed E-state index contributed by atoms with van der Waals surface area (Å²) < 4.78 is 0. The van der Waals surface area contributed by atoms with Crippen LogP contribution in [-0.2, 0) is 4.79 Å². The van der Waals surface area contributed by atoms with Crippen molar-refractivity contribution in [2.45, 2.75) is 20.3 Å². The fourth-order valence-electron chi connectivity index (χ4n) is 2.10. The highest BCUT2D eigenvalue weighted by molar-refractivity contribution is 5.89. The molecular weight excluding hydrogens is 250 g/mol. The molecule has 0 unspecified atom stereocenters. The maximum absolute atomic E-state index is 11.2. The Morgan fingerprint density at radius 1 is 1.25 bits per heavy atom. The van der Waals surface area contributed by atoms with Crippen molar-refractivity contribution in [2.24, 2.45) is 0 Å². The molecule has 0 aliphatic rings. The Bertz CT molecular complexity index is 569. The molecule has 4 heteroatoms. The normalized spacial score (nSPS) is 10.1. The molecule has 2 aromatic rings. The summed E-state index contributed by atoms with van der Waals surface area (Å²) in [5.41, 5.74) is 2.90. The van der Waals surface area contributed by atoms with Gasteiger partial charge in [-0.3, -0.25) is 9.78 Å². The minimum atomic E-state index is -0.0643. The molecule has 0 saturated heterocycles. The minimum absolute atomic E-state index is 0.0643. The molecule has 0 spiro atoms. The largest absolute Gasteiger partial charge is 0.340 e. The predicted octanol–water partition coefficient (Wildman–Crippen LogP) is 3.59. The molecule has 0 bridgehead atoms. The van der Waals surface area contributed by atoms with Crippen LogP contribution in [-0.4, -0.2) is 17.4 Å². The van der Waals surface area contributed by atoms with Crippen LogP contribution in [0.3, 0.4) is 0 Å². The monoisotopic (exact) mass is 269 g/mol. The van der Waals surface area contributed by atoms with E-state index in [0.717, 1.165) is 30.0 Å². The van der Waals surface area contributed by atoms with Gasteiger partial charge in [0.05, 0.1) is 11.9 Å². The average Bonchev–Trinajstić information content (AvgIpc) is 2.45. The lowest BCUT2D eigenvalue weighted by Gasteiger charge is -2.24. The number of carbonyl (C=O) groups excluding carboxylic acids is 1. The van der Waals surface area contributed by atoms with Crippen molar-refractivity contribution in [1.29, 1.82) is 0 Å². The number of rotatable bonds is 5. The molecule has 0 fully saturated rings. The molecule has 4 nitrogen and oxygen atoms in total. The summed E-state index contributed by atoms with van der Waals surface area (Å²) in [4.78, 5) is 17.5. The van der Waals surface area contributed by atoms with Crippen LogP contribution < -0.4 is 10.2 Å². The molecule has 1 heterocycles. The van der Waals surface area contributed by atoms with Gasteiger partial charge in [-0.25, -0.2) is 0 Å². The van der Waals surface area contributed by atoms with Crippen LogP contribution in [0.25, 0.3) is 0 Å². The van der Waals surface area contributed by atoms with Crippen molar-refractivity contribution >= 4 is 23.0 Å². The zero-order valence-electron chi connectivity index (χ0n) is 11.8. The van der Waals surface area contributed by atoms with E-state index < -0.39 is 0 Å². The summed E-state index contributed by atoms with van der Waals surface area (Å²) in [5.74, 6) is -0.0643. The molecule has 0 saturated carbocycles. The number of pyridine rings is 1. The SMILES string of the molecule is CCCN(c1cccnc1)c1cccc(NC(C)=O)c1. The molecule has 1 aromatic carbocycles. The Hall–Kier alpha value is -2.36. The van der Waals surface area contributed by atoms with Gasteiger partial charge in [-0.1, -0.05) is 13.0 Å². The number of hydrogen-bond acceptors (Lipinski definition) is 3. The first-order chi connectivity index (χ1) is 9.70. The molecule has 104 valence electrons. The van der Waals surface area contributed by atoms with Crippen LogP contribution in [0.2, 0.25) is 0 Å². The van der Waals surface area contributed by atoms with E-state index in [-0.39, 0.29) is 5.91 Å². The van der Waals surface area contributed by atoms with Crippen molar-refractivity contribution < 1.29 is 4.79 Å². The number of nitrogens with zero attached hydrogens (tertiary/aromatic N) is 2. The van der Waals surface area contributed by atoms with E-state index in [1.807, 2.05) is 42.6 Å². The first-order valence-corrected chi connectivity index (χ1v) is 6.76. The van der Waals surface area contributed by atoms with E-state index in [1.165, 1.54) is 6.92 Å². The third-order valence-corrected chi connectivity index (χ3v) is 2.88. The first kappa shape index (κ1) is 14.1. The lowest BCUT2D eigenvalue weighted by atomic mass is 10.2. The Labute approximate surface area is 119 Å².